The van der Waals surface area contributed by atoms with Gasteiger partial charge in [-0.1, -0.05) is 18.2 Å². The highest BCUT2D eigenvalue weighted by atomic mass is 16.3. The molecule has 1 aliphatic carbocycles. The summed E-state index contributed by atoms with van der Waals surface area (Å²) in [5.74, 6) is 0.303. The fourth-order valence-corrected chi connectivity index (χ4v) is 3.81. The van der Waals surface area contributed by atoms with E-state index in [0.717, 1.165) is 29.5 Å². The minimum absolute atomic E-state index is 0.0329. The van der Waals surface area contributed by atoms with Gasteiger partial charge in [-0.25, -0.2) is 0 Å². The lowest BCUT2D eigenvalue weighted by Crippen LogP contribution is -2.41. The monoisotopic (exact) mass is 352 g/mol. The summed E-state index contributed by atoms with van der Waals surface area (Å²) < 4.78 is 1.75. The average molecular weight is 352 g/mol. The molecular weight excluding hydrogens is 328 g/mol. The zero-order valence-electron chi connectivity index (χ0n) is 14.9. The Kier molecular flexibility index (Phi) is 4.51. The van der Waals surface area contributed by atoms with E-state index in [1.165, 1.54) is 5.39 Å². The first-order valence-electron chi connectivity index (χ1n) is 9.11. The molecule has 1 aliphatic rings. The van der Waals surface area contributed by atoms with Crippen LogP contribution in [-0.4, -0.2) is 31.9 Å². The van der Waals surface area contributed by atoms with Crippen LogP contribution in [0.25, 0.3) is 10.9 Å². The molecule has 6 heteroatoms. The molecule has 3 aromatic rings. The van der Waals surface area contributed by atoms with Gasteiger partial charge in [0.15, 0.2) is 0 Å². The van der Waals surface area contributed by atoms with Crippen molar-refractivity contribution in [3.8, 4) is 0 Å². The summed E-state index contributed by atoms with van der Waals surface area (Å²) in [7, 11) is 1.87. The molecule has 0 saturated heterocycles. The van der Waals surface area contributed by atoms with Gasteiger partial charge < -0.3 is 15.4 Å². The Morgan fingerprint density at radius 2 is 2.23 bits per heavy atom. The quantitative estimate of drug-likeness (QED) is 0.637. The highest BCUT2D eigenvalue weighted by molar-refractivity contribution is 5.84. The van der Waals surface area contributed by atoms with Crippen LogP contribution in [0.4, 0.5) is 0 Å². The first-order valence-corrected chi connectivity index (χ1v) is 9.11. The van der Waals surface area contributed by atoms with Gasteiger partial charge in [-0.15, -0.1) is 0 Å². The number of carbonyl (C=O) groups is 1. The summed E-state index contributed by atoms with van der Waals surface area (Å²) in [4.78, 5) is 15.8. The number of hydrogen-bond donors (Lipinski definition) is 3. The highest BCUT2D eigenvalue weighted by Gasteiger charge is 2.36. The Balaban J connectivity index is 1.41. The molecule has 0 spiro atoms. The van der Waals surface area contributed by atoms with Crippen molar-refractivity contribution in [2.24, 2.45) is 13.0 Å². The van der Waals surface area contributed by atoms with E-state index in [-0.39, 0.29) is 24.0 Å². The van der Waals surface area contributed by atoms with E-state index in [1.54, 1.807) is 10.9 Å². The fraction of sp³-hybridized carbons (Fsp3) is 0.400. The van der Waals surface area contributed by atoms with Crippen molar-refractivity contribution in [3.63, 3.8) is 0 Å². The number of H-pyrrole nitrogens is 1. The molecule has 1 unspecified atom stereocenters. The fourth-order valence-electron chi connectivity index (χ4n) is 3.81. The predicted octanol–water partition coefficient (Wildman–Crippen LogP) is 2.46. The van der Waals surface area contributed by atoms with Gasteiger partial charge >= 0.3 is 0 Å². The molecule has 2 aromatic heterocycles. The van der Waals surface area contributed by atoms with Gasteiger partial charge in [0.25, 0.3) is 0 Å². The number of aromatic amines is 1. The van der Waals surface area contributed by atoms with Crippen LogP contribution in [0, 0.1) is 5.92 Å². The number of rotatable bonds is 6. The minimum Gasteiger partial charge on any atom is -0.393 e. The number of aromatic nitrogens is 3. The van der Waals surface area contributed by atoms with Crippen molar-refractivity contribution in [1.82, 2.24) is 20.1 Å². The topological polar surface area (TPSA) is 82.9 Å². The lowest BCUT2D eigenvalue weighted by atomic mass is 9.75. The number of para-hydroxylation sites is 1. The maximum absolute atomic E-state index is 12.6. The van der Waals surface area contributed by atoms with E-state index in [0.29, 0.717) is 12.8 Å². The third-order valence-corrected chi connectivity index (χ3v) is 5.32. The van der Waals surface area contributed by atoms with Crippen LogP contribution in [0.15, 0.2) is 42.9 Å². The Morgan fingerprint density at radius 3 is 2.96 bits per heavy atom. The molecular formula is C20H24N4O2. The second kappa shape index (κ2) is 6.96. The van der Waals surface area contributed by atoms with Gasteiger partial charge in [-0.05, 0) is 36.8 Å². The third kappa shape index (κ3) is 3.37. The van der Waals surface area contributed by atoms with Crippen molar-refractivity contribution in [3.05, 3.63) is 54.0 Å². The number of fused-ring (bicyclic) bond motifs is 1. The first-order chi connectivity index (χ1) is 12.6. The highest BCUT2D eigenvalue weighted by Crippen LogP contribution is 2.38. The van der Waals surface area contributed by atoms with Crippen LogP contribution in [0.2, 0.25) is 0 Å². The van der Waals surface area contributed by atoms with Gasteiger partial charge in [-0.2, -0.15) is 5.10 Å². The second-order valence-electron chi connectivity index (χ2n) is 7.24. The molecule has 1 amide bonds. The van der Waals surface area contributed by atoms with Gasteiger partial charge in [0.05, 0.1) is 18.3 Å². The molecule has 26 heavy (non-hydrogen) atoms. The number of aryl methyl sites for hydroxylation is 2. The molecule has 136 valence electrons. The van der Waals surface area contributed by atoms with E-state index in [4.69, 9.17) is 0 Å². The molecule has 3 N–H and O–H groups in total. The molecule has 0 radical (unpaired) electrons. The SMILES string of the molecule is Cn1cc(C(NC(=O)CCc2c[nH]c3ccccc23)C2CC(O)C2)cn1. The van der Waals surface area contributed by atoms with Gasteiger partial charge in [0, 0.05) is 42.3 Å². The van der Waals surface area contributed by atoms with Gasteiger partial charge in [0.2, 0.25) is 5.91 Å². The van der Waals surface area contributed by atoms with Crippen LogP contribution in [0.3, 0.4) is 0 Å². The van der Waals surface area contributed by atoms with Gasteiger partial charge in [-0.3, -0.25) is 9.48 Å². The predicted molar refractivity (Wildman–Crippen MR) is 99.4 cm³/mol. The largest absolute Gasteiger partial charge is 0.393 e. The number of aliphatic hydroxyl groups is 1. The molecule has 0 bridgehead atoms. The van der Waals surface area contributed by atoms with Crippen molar-refractivity contribution in [2.75, 3.05) is 0 Å². The van der Waals surface area contributed by atoms with E-state index in [1.807, 2.05) is 37.6 Å². The van der Waals surface area contributed by atoms with Gasteiger partial charge in [0.1, 0.15) is 0 Å². The van der Waals surface area contributed by atoms with Crippen molar-refractivity contribution in [2.45, 2.75) is 37.8 Å². The van der Waals surface area contributed by atoms with E-state index < -0.39 is 0 Å². The lowest BCUT2D eigenvalue weighted by Gasteiger charge is -2.37. The number of amides is 1. The standard InChI is InChI=1S/C20H24N4O2/c1-24-12-15(11-22-24)20(14-8-16(25)9-14)23-19(26)7-6-13-10-21-18-5-3-2-4-17(13)18/h2-5,10-12,14,16,20-21,25H,6-9H2,1H3,(H,23,26). The van der Waals surface area contributed by atoms with E-state index in [2.05, 4.69) is 21.5 Å². The first kappa shape index (κ1) is 16.8. The zero-order valence-corrected chi connectivity index (χ0v) is 14.9. The summed E-state index contributed by atoms with van der Waals surface area (Å²) in [6.45, 7) is 0. The third-order valence-electron chi connectivity index (χ3n) is 5.32. The number of benzene rings is 1. The van der Waals surface area contributed by atoms with Crippen molar-refractivity contribution >= 4 is 16.8 Å². The number of nitrogens with one attached hydrogen (secondary N) is 2. The smallest absolute Gasteiger partial charge is 0.220 e. The Morgan fingerprint density at radius 1 is 1.42 bits per heavy atom. The van der Waals surface area contributed by atoms with Crippen LogP contribution in [0.5, 0.6) is 0 Å². The maximum atomic E-state index is 12.6. The van der Waals surface area contributed by atoms with Crippen LogP contribution >= 0.6 is 0 Å². The number of carbonyl (C=O) groups excluding carboxylic acids is 1. The molecule has 2 heterocycles. The zero-order chi connectivity index (χ0) is 18.1. The average Bonchev–Trinajstić information content (AvgIpc) is 3.22. The lowest BCUT2D eigenvalue weighted by molar-refractivity contribution is -0.123. The number of aliphatic hydroxyl groups excluding tert-OH is 1. The minimum atomic E-state index is -0.248. The second-order valence-corrected chi connectivity index (χ2v) is 7.24. The van der Waals surface area contributed by atoms with Crippen LogP contribution in [0.1, 0.15) is 36.4 Å². The van der Waals surface area contributed by atoms with Crippen LogP contribution < -0.4 is 5.32 Å². The molecule has 1 aromatic carbocycles. The normalized spacial score (nSPS) is 20.7. The summed E-state index contributed by atoms with van der Waals surface area (Å²) >= 11 is 0. The Hall–Kier alpha value is -2.60. The summed E-state index contributed by atoms with van der Waals surface area (Å²) in [6, 6.07) is 8.05. The molecule has 4 rings (SSSR count). The maximum Gasteiger partial charge on any atom is 0.220 e. The van der Waals surface area contributed by atoms with E-state index in [9.17, 15) is 9.90 Å². The molecule has 0 aliphatic heterocycles. The number of nitrogens with zero attached hydrogens (tertiary/aromatic N) is 2. The van der Waals surface area contributed by atoms with Crippen LogP contribution in [-0.2, 0) is 18.3 Å². The Labute approximate surface area is 152 Å². The molecule has 1 atom stereocenters. The molecule has 6 nitrogen and oxygen atoms in total. The van der Waals surface area contributed by atoms with Crippen molar-refractivity contribution < 1.29 is 9.90 Å². The summed E-state index contributed by atoms with van der Waals surface area (Å²) in [5, 5.41) is 18.2. The number of hydrogen-bond acceptors (Lipinski definition) is 3. The van der Waals surface area contributed by atoms with Crippen molar-refractivity contribution in [1.29, 1.82) is 0 Å². The van der Waals surface area contributed by atoms with E-state index >= 15 is 0 Å². The summed E-state index contributed by atoms with van der Waals surface area (Å²) in [6.07, 6.45) is 8.06. The Bertz CT molecular complexity index is 907. The molecule has 1 fully saturated rings. The molecule has 1 saturated carbocycles. The summed E-state index contributed by atoms with van der Waals surface area (Å²) in [5.41, 5.74) is 3.26.